The largest absolute Gasteiger partial charge is 0.494 e. The van der Waals surface area contributed by atoms with Gasteiger partial charge in [0.1, 0.15) is 11.9 Å². The predicted octanol–water partition coefficient (Wildman–Crippen LogP) is 2.17. The molecular formula is C15H22O4. The third-order valence-corrected chi connectivity index (χ3v) is 3.23. The van der Waals surface area contributed by atoms with E-state index in [0.29, 0.717) is 25.7 Å². The van der Waals surface area contributed by atoms with E-state index in [1.165, 1.54) is 0 Å². The van der Waals surface area contributed by atoms with Crippen molar-refractivity contribution < 1.29 is 19.3 Å². The van der Waals surface area contributed by atoms with Crippen LogP contribution in [0.1, 0.15) is 25.0 Å². The molecule has 1 aromatic carbocycles. The number of aliphatic hydroxyl groups is 1. The van der Waals surface area contributed by atoms with Gasteiger partial charge < -0.3 is 19.3 Å². The number of ether oxygens (including phenoxy) is 3. The Morgan fingerprint density at radius 2 is 2.16 bits per heavy atom. The minimum absolute atomic E-state index is 0.324. The van der Waals surface area contributed by atoms with Crippen LogP contribution >= 0.6 is 0 Å². The molecule has 2 unspecified atom stereocenters. The number of rotatable bonds is 7. The second-order valence-corrected chi connectivity index (χ2v) is 4.78. The molecule has 1 fully saturated rings. The number of benzene rings is 1. The van der Waals surface area contributed by atoms with Crippen LogP contribution < -0.4 is 4.74 Å². The molecule has 0 aromatic heterocycles. The number of aliphatic hydroxyl groups excluding tert-OH is 1. The Morgan fingerprint density at radius 3 is 2.79 bits per heavy atom. The molecule has 2 atom stereocenters. The SMILES string of the molecule is CCOc1ccc(C(O)COCC2CCOC2)cc1. The van der Waals surface area contributed by atoms with Crippen LogP contribution in [0.4, 0.5) is 0 Å². The summed E-state index contributed by atoms with van der Waals surface area (Å²) in [5, 5.41) is 10.0. The van der Waals surface area contributed by atoms with Crippen molar-refractivity contribution in [3.05, 3.63) is 29.8 Å². The average Bonchev–Trinajstić information content (AvgIpc) is 2.93. The van der Waals surface area contributed by atoms with Gasteiger partial charge >= 0.3 is 0 Å². The highest BCUT2D eigenvalue weighted by Crippen LogP contribution is 2.19. The smallest absolute Gasteiger partial charge is 0.119 e. The lowest BCUT2D eigenvalue weighted by Crippen LogP contribution is -2.14. The molecule has 0 radical (unpaired) electrons. The van der Waals surface area contributed by atoms with Gasteiger partial charge in [-0.15, -0.1) is 0 Å². The summed E-state index contributed by atoms with van der Waals surface area (Å²) in [7, 11) is 0. The topological polar surface area (TPSA) is 47.9 Å². The standard InChI is InChI=1S/C15H22O4/c1-2-19-14-5-3-13(4-6-14)15(16)11-18-10-12-7-8-17-9-12/h3-6,12,15-16H,2,7-11H2,1H3. The van der Waals surface area contributed by atoms with E-state index in [1.807, 2.05) is 31.2 Å². The van der Waals surface area contributed by atoms with Crippen LogP contribution in [0.25, 0.3) is 0 Å². The summed E-state index contributed by atoms with van der Waals surface area (Å²) in [6.45, 7) is 5.19. The Hall–Kier alpha value is -1.10. The van der Waals surface area contributed by atoms with Crippen molar-refractivity contribution in [1.29, 1.82) is 0 Å². The van der Waals surface area contributed by atoms with Crippen LogP contribution in [-0.2, 0) is 9.47 Å². The second kappa shape index (κ2) is 7.48. The minimum atomic E-state index is -0.585. The zero-order chi connectivity index (χ0) is 13.5. The molecule has 1 aromatic rings. The first-order chi connectivity index (χ1) is 9.29. The maximum Gasteiger partial charge on any atom is 0.119 e. The van der Waals surface area contributed by atoms with Crippen LogP contribution in [0, 0.1) is 5.92 Å². The first-order valence-electron chi connectivity index (χ1n) is 6.86. The highest BCUT2D eigenvalue weighted by molar-refractivity contribution is 5.28. The van der Waals surface area contributed by atoms with Gasteiger partial charge in [-0.25, -0.2) is 0 Å². The maximum absolute atomic E-state index is 10.0. The maximum atomic E-state index is 10.0. The van der Waals surface area contributed by atoms with E-state index in [1.54, 1.807) is 0 Å². The van der Waals surface area contributed by atoms with Gasteiger partial charge in [0.2, 0.25) is 0 Å². The van der Waals surface area contributed by atoms with Gasteiger partial charge in [-0.05, 0) is 31.0 Å². The van der Waals surface area contributed by atoms with E-state index in [4.69, 9.17) is 14.2 Å². The molecule has 0 saturated carbocycles. The van der Waals surface area contributed by atoms with Gasteiger partial charge in [-0.2, -0.15) is 0 Å². The van der Waals surface area contributed by atoms with E-state index >= 15 is 0 Å². The van der Waals surface area contributed by atoms with Crippen molar-refractivity contribution in [1.82, 2.24) is 0 Å². The van der Waals surface area contributed by atoms with E-state index in [2.05, 4.69) is 0 Å². The lowest BCUT2D eigenvalue weighted by molar-refractivity contribution is 0.0185. The number of hydrogen-bond donors (Lipinski definition) is 1. The summed E-state index contributed by atoms with van der Waals surface area (Å²) in [5.74, 6) is 1.30. The highest BCUT2D eigenvalue weighted by Gasteiger charge is 2.16. The zero-order valence-electron chi connectivity index (χ0n) is 11.4. The van der Waals surface area contributed by atoms with E-state index in [0.717, 1.165) is 30.9 Å². The average molecular weight is 266 g/mol. The van der Waals surface area contributed by atoms with Gasteiger partial charge in [0.15, 0.2) is 0 Å². The zero-order valence-corrected chi connectivity index (χ0v) is 11.4. The molecule has 0 spiro atoms. The Labute approximate surface area is 114 Å². The molecule has 1 saturated heterocycles. The molecule has 4 heteroatoms. The van der Waals surface area contributed by atoms with Crippen LogP contribution in [0.15, 0.2) is 24.3 Å². The summed E-state index contributed by atoms with van der Waals surface area (Å²) in [4.78, 5) is 0. The predicted molar refractivity (Wildman–Crippen MR) is 72.3 cm³/mol. The molecular weight excluding hydrogens is 244 g/mol. The van der Waals surface area contributed by atoms with Crippen molar-refractivity contribution in [3.63, 3.8) is 0 Å². The summed E-state index contributed by atoms with van der Waals surface area (Å²) < 4.78 is 16.2. The van der Waals surface area contributed by atoms with Crippen molar-refractivity contribution in [2.24, 2.45) is 5.92 Å². The Morgan fingerprint density at radius 1 is 1.37 bits per heavy atom. The van der Waals surface area contributed by atoms with Gasteiger partial charge in [0.05, 0.1) is 26.4 Å². The molecule has 106 valence electrons. The molecule has 0 bridgehead atoms. The quantitative estimate of drug-likeness (QED) is 0.821. The van der Waals surface area contributed by atoms with Gasteiger partial charge in [0, 0.05) is 12.5 Å². The van der Waals surface area contributed by atoms with Gasteiger partial charge in [-0.3, -0.25) is 0 Å². The van der Waals surface area contributed by atoms with Crippen molar-refractivity contribution in [3.8, 4) is 5.75 Å². The van der Waals surface area contributed by atoms with E-state index in [-0.39, 0.29) is 0 Å². The molecule has 1 N–H and O–H groups in total. The highest BCUT2D eigenvalue weighted by atomic mass is 16.5. The third kappa shape index (κ3) is 4.49. The van der Waals surface area contributed by atoms with Crippen LogP contribution in [0.5, 0.6) is 5.75 Å². The number of hydrogen-bond acceptors (Lipinski definition) is 4. The Kier molecular flexibility index (Phi) is 5.63. The van der Waals surface area contributed by atoms with E-state index < -0.39 is 6.10 Å². The first-order valence-corrected chi connectivity index (χ1v) is 6.86. The van der Waals surface area contributed by atoms with Crippen LogP contribution in [0.2, 0.25) is 0 Å². The van der Waals surface area contributed by atoms with Crippen molar-refractivity contribution >= 4 is 0 Å². The summed E-state index contributed by atoms with van der Waals surface area (Å²) in [6, 6.07) is 7.48. The molecule has 0 amide bonds. The lowest BCUT2D eigenvalue weighted by Gasteiger charge is -2.14. The van der Waals surface area contributed by atoms with Gasteiger partial charge in [-0.1, -0.05) is 12.1 Å². The van der Waals surface area contributed by atoms with Crippen molar-refractivity contribution in [2.75, 3.05) is 33.0 Å². The summed E-state index contributed by atoms with van der Waals surface area (Å²) in [6.07, 6.45) is 0.470. The molecule has 1 aliphatic heterocycles. The Balaban J connectivity index is 1.73. The van der Waals surface area contributed by atoms with Gasteiger partial charge in [0.25, 0.3) is 0 Å². The first kappa shape index (κ1) is 14.3. The minimum Gasteiger partial charge on any atom is -0.494 e. The monoisotopic (exact) mass is 266 g/mol. The normalized spacial score (nSPS) is 20.4. The Bertz CT molecular complexity index is 357. The van der Waals surface area contributed by atoms with E-state index in [9.17, 15) is 5.11 Å². The molecule has 1 aliphatic rings. The van der Waals surface area contributed by atoms with Crippen LogP contribution in [0.3, 0.4) is 0 Å². The summed E-state index contributed by atoms with van der Waals surface area (Å²) >= 11 is 0. The fourth-order valence-corrected chi connectivity index (χ4v) is 2.11. The summed E-state index contributed by atoms with van der Waals surface area (Å²) in [5.41, 5.74) is 0.853. The van der Waals surface area contributed by atoms with Crippen LogP contribution in [-0.4, -0.2) is 38.1 Å². The second-order valence-electron chi connectivity index (χ2n) is 4.78. The fraction of sp³-hybridized carbons (Fsp3) is 0.600. The van der Waals surface area contributed by atoms with Crippen molar-refractivity contribution in [2.45, 2.75) is 19.4 Å². The lowest BCUT2D eigenvalue weighted by atomic mass is 10.1. The molecule has 1 heterocycles. The third-order valence-electron chi connectivity index (χ3n) is 3.23. The fourth-order valence-electron chi connectivity index (χ4n) is 2.11. The molecule has 4 nitrogen and oxygen atoms in total. The molecule has 2 rings (SSSR count). The molecule has 0 aliphatic carbocycles. The molecule has 19 heavy (non-hydrogen) atoms.